The zero-order chi connectivity index (χ0) is 9.19. The van der Waals surface area contributed by atoms with Crippen LogP contribution in [0.5, 0.6) is 0 Å². The molecular weight excluding hydrogens is 154 g/mol. The van der Waals surface area contributed by atoms with Gasteiger partial charge in [0, 0.05) is 0 Å². The fourth-order valence-corrected chi connectivity index (χ4v) is 1.39. The molecule has 0 radical (unpaired) electrons. The first kappa shape index (κ1) is 9.52. The number of carboxylic acids is 1. The largest absolute Gasteiger partial charge is 0.480 e. The minimum atomic E-state index is -1.02. The van der Waals surface area contributed by atoms with Crippen LogP contribution in [0, 0.1) is 5.92 Å². The Hall–Kier alpha value is -0.570. The van der Waals surface area contributed by atoms with Gasteiger partial charge < -0.3 is 10.8 Å². The highest BCUT2D eigenvalue weighted by molar-refractivity contribution is 5.77. The fraction of sp³-hybridized carbons (Fsp3) is 0.889. The van der Waals surface area contributed by atoms with E-state index in [-0.39, 0.29) is 0 Å². The zero-order valence-corrected chi connectivity index (χ0v) is 7.55. The van der Waals surface area contributed by atoms with E-state index in [0.717, 1.165) is 12.3 Å². The SMILES string of the molecule is CC(N)(CCC1CCC1)C(=O)O. The van der Waals surface area contributed by atoms with Gasteiger partial charge in [0.05, 0.1) is 0 Å². The van der Waals surface area contributed by atoms with E-state index in [9.17, 15) is 4.79 Å². The van der Waals surface area contributed by atoms with Crippen LogP contribution in [0.4, 0.5) is 0 Å². The number of nitrogens with two attached hydrogens (primary N) is 1. The summed E-state index contributed by atoms with van der Waals surface area (Å²) >= 11 is 0. The minimum absolute atomic E-state index is 0.604. The fourth-order valence-electron chi connectivity index (χ4n) is 1.39. The molecule has 1 aliphatic carbocycles. The van der Waals surface area contributed by atoms with Crippen molar-refractivity contribution in [3.05, 3.63) is 0 Å². The van der Waals surface area contributed by atoms with Crippen LogP contribution in [0.1, 0.15) is 39.0 Å². The van der Waals surface area contributed by atoms with Crippen LogP contribution >= 0.6 is 0 Å². The third kappa shape index (κ3) is 2.21. The first-order valence-corrected chi connectivity index (χ1v) is 4.54. The smallest absolute Gasteiger partial charge is 0.323 e. The van der Waals surface area contributed by atoms with Gasteiger partial charge in [-0.05, 0) is 25.7 Å². The summed E-state index contributed by atoms with van der Waals surface area (Å²) in [4.78, 5) is 10.6. The number of rotatable bonds is 4. The molecule has 0 saturated heterocycles. The van der Waals surface area contributed by atoms with E-state index in [0.29, 0.717) is 6.42 Å². The number of hydrogen-bond acceptors (Lipinski definition) is 2. The Morgan fingerprint density at radius 1 is 1.67 bits per heavy atom. The first-order chi connectivity index (χ1) is 5.52. The average Bonchev–Trinajstić information content (AvgIpc) is 1.83. The predicted octanol–water partition coefficient (Wildman–Crippen LogP) is 1.37. The van der Waals surface area contributed by atoms with Crippen molar-refractivity contribution in [2.24, 2.45) is 11.7 Å². The van der Waals surface area contributed by atoms with E-state index in [1.165, 1.54) is 19.3 Å². The summed E-state index contributed by atoms with van der Waals surface area (Å²) in [5, 5.41) is 8.72. The molecule has 1 aliphatic rings. The van der Waals surface area contributed by atoms with Crippen molar-refractivity contribution in [1.82, 2.24) is 0 Å². The van der Waals surface area contributed by atoms with Crippen molar-refractivity contribution in [1.29, 1.82) is 0 Å². The number of hydrogen-bond donors (Lipinski definition) is 2. The summed E-state index contributed by atoms with van der Waals surface area (Å²) in [6, 6.07) is 0. The van der Waals surface area contributed by atoms with E-state index in [4.69, 9.17) is 10.8 Å². The second-order valence-electron chi connectivity index (χ2n) is 4.06. The molecule has 0 spiro atoms. The van der Waals surface area contributed by atoms with Gasteiger partial charge in [-0.15, -0.1) is 0 Å². The third-order valence-electron chi connectivity index (χ3n) is 2.79. The molecule has 0 aliphatic heterocycles. The second-order valence-corrected chi connectivity index (χ2v) is 4.06. The van der Waals surface area contributed by atoms with Crippen molar-refractivity contribution >= 4 is 5.97 Å². The lowest BCUT2D eigenvalue weighted by molar-refractivity contribution is -0.143. The molecule has 3 nitrogen and oxygen atoms in total. The molecule has 1 fully saturated rings. The maximum Gasteiger partial charge on any atom is 0.323 e. The second kappa shape index (κ2) is 3.44. The summed E-state index contributed by atoms with van der Waals surface area (Å²) in [5.74, 6) is -0.144. The van der Waals surface area contributed by atoms with Gasteiger partial charge in [0.15, 0.2) is 0 Å². The van der Waals surface area contributed by atoms with Crippen molar-refractivity contribution in [2.75, 3.05) is 0 Å². The molecule has 1 unspecified atom stereocenters. The van der Waals surface area contributed by atoms with E-state index in [2.05, 4.69) is 0 Å². The molecule has 1 saturated carbocycles. The molecule has 3 N–H and O–H groups in total. The minimum Gasteiger partial charge on any atom is -0.480 e. The maximum atomic E-state index is 10.6. The molecule has 0 aromatic heterocycles. The van der Waals surface area contributed by atoms with E-state index < -0.39 is 11.5 Å². The molecule has 3 heteroatoms. The Bertz CT molecular complexity index is 173. The standard InChI is InChI=1S/C9H17NO2/c1-9(10,8(11)12)6-5-7-3-2-4-7/h7H,2-6,10H2,1H3,(H,11,12). The Morgan fingerprint density at radius 3 is 2.58 bits per heavy atom. The summed E-state index contributed by atoms with van der Waals surface area (Å²) in [5.41, 5.74) is 4.57. The monoisotopic (exact) mass is 171 g/mol. The summed E-state index contributed by atoms with van der Waals surface area (Å²) in [6.07, 6.45) is 5.40. The average molecular weight is 171 g/mol. The van der Waals surface area contributed by atoms with Gasteiger partial charge in [0.25, 0.3) is 0 Å². The Morgan fingerprint density at radius 2 is 2.25 bits per heavy atom. The zero-order valence-electron chi connectivity index (χ0n) is 7.55. The maximum absolute atomic E-state index is 10.6. The van der Waals surface area contributed by atoms with Crippen LogP contribution in [0.15, 0.2) is 0 Å². The summed E-state index contributed by atoms with van der Waals surface area (Å²) in [7, 11) is 0. The van der Waals surface area contributed by atoms with Crippen molar-refractivity contribution in [3.8, 4) is 0 Å². The molecule has 70 valence electrons. The van der Waals surface area contributed by atoms with Gasteiger partial charge in [0.1, 0.15) is 5.54 Å². The molecule has 0 heterocycles. The van der Waals surface area contributed by atoms with Gasteiger partial charge in [-0.2, -0.15) is 0 Å². The van der Waals surface area contributed by atoms with Crippen LogP contribution < -0.4 is 5.73 Å². The van der Waals surface area contributed by atoms with Crippen LogP contribution in [0.3, 0.4) is 0 Å². The molecule has 0 bridgehead atoms. The van der Waals surface area contributed by atoms with Gasteiger partial charge in [-0.25, -0.2) is 0 Å². The van der Waals surface area contributed by atoms with E-state index >= 15 is 0 Å². The third-order valence-corrected chi connectivity index (χ3v) is 2.79. The highest BCUT2D eigenvalue weighted by Crippen LogP contribution is 2.31. The first-order valence-electron chi connectivity index (χ1n) is 4.54. The molecule has 0 aromatic carbocycles. The van der Waals surface area contributed by atoms with Crippen LogP contribution in [-0.2, 0) is 4.79 Å². The van der Waals surface area contributed by atoms with Gasteiger partial charge >= 0.3 is 5.97 Å². The lowest BCUT2D eigenvalue weighted by Gasteiger charge is -2.28. The lowest BCUT2D eigenvalue weighted by Crippen LogP contribution is -2.45. The predicted molar refractivity (Wildman–Crippen MR) is 46.8 cm³/mol. The van der Waals surface area contributed by atoms with Crippen molar-refractivity contribution in [3.63, 3.8) is 0 Å². The summed E-state index contributed by atoms with van der Waals surface area (Å²) < 4.78 is 0. The normalized spacial score (nSPS) is 22.8. The quantitative estimate of drug-likeness (QED) is 0.671. The van der Waals surface area contributed by atoms with Crippen LogP contribution in [0.2, 0.25) is 0 Å². The lowest BCUT2D eigenvalue weighted by atomic mass is 9.79. The Labute approximate surface area is 72.9 Å². The van der Waals surface area contributed by atoms with Gasteiger partial charge in [-0.1, -0.05) is 19.3 Å². The molecule has 0 amide bonds. The van der Waals surface area contributed by atoms with Crippen LogP contribution in [-0.4, -0.2) is 16.6 Å². The number of aliphatic carboxylic acids is 1. The highest BCUT2D eigenvalue weighted by atomic mass is 16.4. The number of carbonyl (C=O) groups is 1. The molecule has 0 aromatic rings. The van der Waals surface area contributed by atoms with Crippen molar-refractivity contribution in [2.45, 2.75) is 44.6 Å². The van der Waals surface area contributed by atoms with E-state index in [1.54, 1.807) is 6.92 Å². The Balaban J connectivity index is 2.24. The van der Waals surface area contributed by atoms with Crippen LogP contribution in [0.25, 0.3) is 0 Å². The highest BCUT2D eigenvalue weighted by Gasteiger charge is 2.29. The molecule has 1 atom stereocenters. The molecule has 12 heavy (non-hydrogen) atoms. The molecular formula is C9H17NO2. The van der Waals surface area contributed by atoms with Gasteiger partial charge in [-0.3, -0.25) is 4.79 Å². The summed E-state index contributed by atoms with van der Waals surface area (Å²) in [6.45, 7) is 1.59. The van der Waals surface area contributed by atoms with E-state index in [1.807, 2.05) is 0 Å². The topological polar surface area (TPSA) is 63.3 Å². The van der Waals surface area contributed by atoms with Crippen molar-refractivity contribution < 1.29 is 9.90 Å². The molecule has 1 rings (SSSR count). The Kier molecular flexibility index (Phi) is 2.73. The van der Waals surface area contributed by atoms with Gasteiger partial charge in [0.2, 0.25) is 0 Å². The number of carboxylic acid groups (broad SMARTS) is 1.